The number of carbonyl (C=O) groups excluding carboxylic acids is 1. The van der Waals surface area contributed by atoms with Gasteiger partial charge in [0.1, 0.15) is 11.5 Å². The summed E-state index contributed by atoms with van der Waals surface area (Å²) in [5.74, 6) is -0.226. The van der Waals surface area contributed by atoms with Crippen molar-refractivity contribution in [3.8, 4) is 0 Å². The normalized spacial score (nSPS) is 13.6. The fourth-order valence-corrected chi connectivity index (χ4v) is 3.63. The van der Waals surface area contributed by atoms with Crippen LogP contribution in [0.4, 0.5) is 4.39 Å². The van der Waals surface area contributed by atoms with Crippen molar-refractivity contribution in [1.82, 2.24) is 9.88 Å². The molecule has 0 unspecified atom stereocenters. The number of halogens is 1. The second kappa shape index (κ2) is 7.20. The summed E-state index contributed by atoms with van der Waals surface area (Å²) < 4.78 is 15.3. The number of amides is 1. The van der Waals surface area contributed by atoms with Crippen LogP contribution in [0.2, 0.25) is 0 Å². The van der Waals surface area contributed by atoms with E-state index in [-0.39, 0.29) is 11.7 Å². The molecule has 1 aromatic carbocycles. The number of fused-ring (bicyclic) bond motifs is 1. The molecule has 1 aromatic heterocycles. The Hall–Kier alpha value is -2.10. The third kappa shape index (κ3) is 3.23. The van der Waals surface area contributed by atoms with Gasteiger partial charge in [-0.05, 0) is 67.9 Å². The number of carbonyl (C=O) groups is 1. The largest absolute Gasteiger partial charge is 0.351 e. The fourth-order valence-electron chi connectivity index (χ4n) is 3.63. The number of aromatic nitrogens is 1. The SMILES string of the molecule is CCCNC(=O)c1c(C)c2c(n1Cc1ccc(F)cc1)CCCC2. The van der Waals surface area contributed by atoms with Crippen molar-refractivity contribution in [2.24, 2.45) is 0 Å². The lowest BCUT2D eigenvalue weighted by atomic mass is 9.95. The van der Waals surface area contributed by atoms with Gasteiger partial charge in [0, 0.05) is 18.8 Å². The molecule has 0 radical (unpaired) electrons. The number of benzene rings is 1. The molecule has 0 atom stereocenters. The molecule has 3 nitrogen and oxygen atoms in total. The van der Waals surface area contributed by atoms with E-state index in [1.165, 1.54) is 29.8 Å². The lowest BCUT2D eigenvalue weighted by Gasteiger charge is -2.17. The van der Waals surface area contributed by atoms with Gasteiger partial charge in [-0.25, -0.2) is 4.39 Å². The zero-order chi connectivity index (χ0) is 17.1. The monoisotopic (exact) mass is 328 g/mol. The summed E-state index contributed by atoms with van der Waals surface area (Å²) in [5.41, 5.74) is 5.53. The summed E-state index contributed by atoms with van der Waals surface area (Å²) in [4.78, 5) is 12.7. The van der Waals surface area contributed by atoms with Gasteiger partial charge >= 0.3 is 0 Å². The van der Waals surface area contributed by atoms with Crippen LogP contribution in [0, 0.1) is 12.7 Å². The van der Waals surface area contributed by atoms with E-state index in [2.05, 4.69) is 23.7 Å². The van der Waals surface area contributed by atoms with Crippen LogP contribution in [0.1, 0.15) is 59.1 Å². The Morgan fingerprint density at radius 3 is 2.62 bits per heavy atom. The van der Waals surface area contributed by atoms with Crippen LogP contribution < -0.4 is 5.32 Å². The lowest BCUT2D eigenvalue weighted by molar-refractivity contribution is 0.0944. The van der Waals surface area contributed by atoms with E-state index in [1.807, 2.05) is 0 Å². The summed E-state index contributed by atoms with van der Waals surface area (Å²) in [6.07, 6.45) is 5.33. The number of hydrogen-bond donors (Lipinski definition) is 1. The first-order valence-corrected chi connectivity index (χ1v) is 8.85. The van der Waals surface area contributed by atoms with Crippen LogP contribution in [-0.2, 0) is 19.4 Å². The molecule has 1 aliphatic rings. The predicted octanol–water partition coefficient (Wildman–Crippen LogP) is 4.00. The van der Waals surface area contributed by atoms with E-state index in [0.29, 0.717) is 13.1 Å². The zero-order valence-electron chi connectivity index (χ0n) is 14.5. The zero-order valence-corrected chi connectivity index (χ0v) is 14.5. The maximum atomic E-state index is 13.2. The van der Waals surface area contributed by atoms with Crippen molar-refractivity contribution in [1.29, 1.82) is 0 Å². The summed E-state index contributed by atoms with van der Waals surface area (Å²) >= 11 is 0. The summed E-state index contributed by atoms with van der Waals surface area (Å²) in [7, 11) is 0. The van der Waals surface area contributed by atoms with Gasteiger partial charge in [0.25, 0.3) is 5.91 Å². The average molecular weight is 328 g/mol. The molecule has 24 heavy (non-hydrogen) atoms. The lowest BCUT2D eigenvalue weighted by Crippen LogP contribution is -2.28. The molecule has 1 aliphatic carbocycles. The molecule has 0 spiro atoms. The highest BCUT2D eigenvalue weighted by Crippen LogP contribution is 2.30. The predicted molar refractivity (Wildman–Crippen MR) is 93.9 cm³/mol. The standard InChI is InChI=1S/C20H25FN2O/c1-3-12-22-20(24)19-14(2)17-6-4-5-7-18(17)23(19)13-15-8-10-16(21)11-9-15/h8-11H,3-7,12-13H2,1-2H3,(H,22,24). The minimum absolute atomic E-state index is 0.00543. The Bertz CT molecular complexity index is 731. The first-order chi connectivity index (χ1) is 11.6. The number of hydrogen-bond acceptors (Lipinski definition) is 1. The number of rotatable bonds is 5. The molecular weight excluding hydrogens is 303 g/mol. The third-order valence-corrected chi connectivity index (χ3v) is 4.85. The number of nitrogens with one attached hydrogen (secondary N) is 1. The molecule has 1 N–H and O–H groups in total. The number of nitrogens with zero attached hydrogens (tertiary/aromatic N) is 1. The van der Waals surface area contributed by atoms with Gasteiger partial charge in [-0.1, -0.05) is 19.1 Å². The molecule has 0 fully saturated rings. The van der Waals surface area contributed by atoms with Crippen LogP contribution in [0.15, 0.2) is 24.3 Å². The van der Waals surface area contributed by atoms with Gasteiger partial charge in [-0.15, -0.1) is 0 Å². The minimum atomic E-state index is -0.231. The van der Waals surface area contributed by atoms with Crippen molar-refractivity contribution >= 4 is 5.91 Å². The van der Waals surface area contributed by atoms with E-state index in [0.717, 1.165) is 42.5 Å². The third-order valence-electron chi connectivity index (χ3n) is 4.85. The summed E-state index contributed by atoms with van der Waals surface area (Å²) in [6, 6.07) is 6.56. The molecule has 0 saturated heterocycles. The fraction of sp³-hybridized carbons (Fsp3) is 0.450. The van der Waals surface area contributed by atoms with Crippen molar-refractivity contribution in [3.05, 3.63) is 58.2 Å². The smallest absolute Gasteiger partial charge is 0.268 e. The second-order valence-corrected chi connectivity index (χ2v) is 6.57. The van der Waals surface area contributed by atoms with E-state index >= 15 is 0 Å². The molecule has 1 heterocycles. The Kier molecular flexibility index (Phi) is 5.03. The van der Waals surface area contributed by atoms with Gasteiger partial charge in [0.05, 0.1) is 0 Å². The molecule has 0 saturated carbocycles. The molecule has 0 bridgehead atoms. The molecule has 2 aromatic rings. The highest BCUT2D eigenvalue weighted by Gasteiger charge is 2.25. The van der Waals surface area contributed by atoms with Crippen LogP contribution in [0.3, 0.4) is 0 Å². The van der Waals surface area contributed by atoms with Crippen molar-refractivity contribution in [2.45, 2.75) is 52.5 Å². The first-order valence-electron chi connectivity index (χ1n) is 8.85. The van der Waals surface area contributed by atoms with E-state index < -0.39 is 0 Å². The molecule has 128 valence electrons. The van der Waals surface area contributed by atoms with Gasteiger partial charge in [0.2, 0.25) is 0 Å². The van der Waals surface area contributed by atoms with Crippen molar-refractivity contribution < 1.29 is 9.18 Å². The summed E-state index contributed by atoms with van der Waals surface area (Å²) in [6.45, 7) is 5.41. The minimum Gasteiger partial charge on any atom is -0.351 e. The van der Waals surface area contributed by atoms with Crippen molar-refractivity contribution in [3.63, 3.8) is 0 Å². The molecule has 3 rings (SSSR count). The quantitative estimate of drug-likeness (QED) is 0.884. The van der Waals surface area contributed by atoms with Gasteiger partial charge in [-0.2, -0.15) is 0 Å². The van der Waals surface area contributed by atoms with Crippen LogP contribution in [0.5, 0.6) is 0 Å². The van der Waals surface area contributed by atoms with E-state index in [4.69, 9.17) is 0 Å². The Balaban J connectivity index is 2.01. The Morgan fingerprint density at radius 1 is 1.21 bits per heavy atom. The van der Waals surface area contributed by atoms with Crippen LogP contribution >= 0.6 is 0 Å². The molecule has 4 heteroatoms. The van der Waals surface area contributed by atoms with Gasteiger partial charge < -0.3 is 9.88 Å². The maximum Gasteiger partial charge on any atom is 0.268 e. The van der Waals surface area contributed by atoms with Gasteiger partial charge in [-0.3, -0.25) is 4.79 Å². The maximum absolute atomic E-state index is 13.2. The van der Waals surface area contributed by atoms with E-state index in [9.17, 15) is 9.18 Å². The molecule has 1 amide bonds. The summed E-state index contributed by atoms with van der Waals surface area (Å²) in [5, 5.41) is 3.01. The second-order valence-electron chi connectivity index (χ2n) is 6.57. The van der Waals surface area contributed by atoms with Crippen molar-refractivity contribution in [2.75, 3.05) is 6.54 Å². The average Bonchev–Trinajstić information content (AvgIpc) is 2.87. The van der Waals surface area contributed by atoms with Crippen LogP contribution in [0.25, 0.3) is 0 Å². The highest BCUT2D eigenvalue weighted by molar-refractivity contribution is 5.95. The Labute approximate surface area is 142 Å². The Morgan fingerprint density at radius 2 is 1.92 bits per heavy atom. The topological polar surface area (TPSA) is 34.0 Å². The molecular formula is C20H25FN2O. The van der Waals surface area contributed by atoms with Gasteiger partial charge in [0.15, 0.2) is 0 Å². The van der Waals surface area contributed by atoms with E-state index in [1.54, 1.807) is 12.1 Å². The molecule has 0 aliphatic heterocycles. The highest BCUT2D eigenvalue weighted by atomic mass is 19.1. The van der Waals surface area contributed by atoms with Crippen LogP contribution in [-0.4, -0.2) is 17.0 Å². The first kappa shape index (κ1) is 16.7.